The minimum Gasteiger partial charge on any atom is -0.481 e. The Morgan fingerprint density at radius 1 is 1.03 bits per heavy atom. The number of aliphatic hydroxyl groups is 3. The molecule has 3 heterocycles. The zero-order chi connectivity index (χ0) is 27.0. The van der Waals surface area contributed by atoms with Crippen molar-refractivity contribution in [1.82, 2.24) is 19.9 Å². The van der Waals surface area contributed by atoms with Crippen molar-refractivity contribution >= 4 is 28.4 Å². The van der Waals surface area contributed by atoms with Gasteiger partial charge in [-0.15, -0.1) is 0 Å². The highest BCUT2D eigenvalue weighted by Gasteiger charge is 2.47. The van der Waals surface area contributed by atoms with E-state index in [1.807, 2.05) is 37.3 Å². The molecule has 38 heavy (non-hydrogen) atoms. The molecule has 0 spiro atoms. The molecule has 198 valence electrons. The highest BCUT2D eigenvalue weighted by Crippen LogP contribution is 2.37. The van der Waals surface area contributed by atoms with Crippen LogP contribution in [0.3, 0.4) is 0 Å². The second-order valence-electron chi connectivity index (χ2n) is 10.2. The van der Waals surface area contributed by atoms with Crippen LogP contribution in [-0.4, -0.2) is 66.2 Å². The van der Waals surface area contributed by atoms with Crippen molar-refractivity contribution in [3.8, 4) is 17.1 Å². The van der Waals surface area contributed by atoms with Crippen molar-refractivity contribution in [2.24, 2.45) is 5.92 Å². The van der Waals surface area contributed by atoms with Crippen molar-refractivity contribution in [3.63, 3.8) is 0 Å². The van der Waals surface area contributed by atoms with E-state index in [1.54, 1.807) is 45.5 Å². The SMILES string of the molecule is COc1cc(Nc2ncc(-c3ccc4cccc(C)c4n3)c(N[C@@H]3C[C@H](C(C)(C)O)[C@@H](O)[C@H]3O)n2)ccn1. The molecule has 1 fully saturated rings. The predicted octanol–water partition coefficient (Wildman–Crippen LogP) is 3.44. The number of aryl methyl sites for hydroxylation is 1. The molecule has 0 saturated heterocycles. The highest BCUT2D eigenvalue weighted by molar-refractivity contribution is 5.85. The highest BCUT2D eigenvalue weighted by atomic mass is 16.5. The Bertz CT molecular complexity index is 1460. The molecule has 1 aliphatic rings. The average molecular weight is 517 g/mol. The molecule has 1 aromatic carbocycles. The summed E-state index contributed by atoms with van der Waals surface area (Å²) in [4.78, 5) is 18.2. The maximum absolute atomic E-state index is 10.8. The third kappa shape index (κ3) is 5.10. The molecule has 1 aliphatic carbocycles. The van der Waals surface area contributed by atoms with Crippen LogP contribution < -0.4 is 15.4 Å². The fourth-order valence-corrected chi connectivity index (χ4v) is 4.97. The third-order valence-corrected chi connectivity index (χ3v) is 7.10. The van der Waals surface area contributed by atoms with Crippen LogP contribution in [0, 0.1) is 12.8 Å². The summed E-state index contributed by atoms with van der Waals surface area (Å²) in [5.74, 6) is 0.690. The number of fused-ring (bicyclic) bond motifs is 1. The molecule has 4 aromatic rings. The van der Waals surface area contributed by atoms with Crippen molar-refractivity contribution in [2.75, 3.05) is 17.7 Å². The molecule has 0 radical (unpaired) electrons. The van der Waals surface area contributed by atoms with Crippen LogP contribution in [0.25, 0.3) is 22.2 Å². The normalized spacial score (nSPS) is 21.4. The van der Waals surface area contributed by atoms with E-state index in [-0.39, 0.29) is 0 Å². The molecule has 1 saturated carbocycles. The smallest absolute Gasteiger partial charge is 0.229 e. The quantitative estimate of drug-likeness (QED) is 0.248. The predicted molar refractivity (Wildman–Crippen MR) is 145 cm³/mol. The Balaban J connectivity index is 1.54. The van der Waals surface area contributed by atoms with Crippen molar-refractivity contribution in [1.29, 1.82) is 0 Å². The van der Waals surface area contributed by atoms with Crippen molar-refractivity contribution in [3.05, 3.63) is 60.4 Å². The summed E-state index contributed by atoms with van der Waals surface area (Å²) in [7, 11) is 1.54. The van der Waals surface area contributed by atoms with Gasteiger partial charge >= 0.3 is 0 Å². The first kappa shape index (κ1) is 25.8. The molecule has 0 aliphatic heterocycles. The van der Waals surface area contributed by atoms with Gasteiger partial charge in [-0.1, -0.05) is 24.3 Å². The summed E-state index contributed by atoms with van der Waals surface area (Å²) >= 11 is 0. The van der Waals surface area contributed by atoms with Gasteiger partial charge in [-0.25, -0.2) is 15.0 Å². The van der Waals surface area contributed by atoms with Gasteiger partial charge in [-0.05, 0) is 44.9 Å². The van der Waals surface area contributed by atoms with Gasteiger partial charge < -0.3 is 30.7 Å². The van der Waals surface area contributed by atoms with Crippen LogP contribution in [0.4, 0.5) is 17.5 Å². The maximum Gasteiger partial charge on any atom is 0.229 e. The zero-order valence-corrected chi connectivity index (χ0v) is 21.8. The molecular formula is C28H32N6O4. The largest absolute Gasteiger partial charge is 0.481 e. The van der Waals surface area contributed by atoms with E-state index in [1.165, 1.54) is 0 Å². The van der Waals surface area contributed by atoms with E-state index in [0.29, 0.717) is 41.0 Å². The van der Waals surface area contributed by atoms with Gasteiger partial charge in [0.25, 0.3) is 0 Å². The van der Waals surface area contributed by atoms with Crippen LogP contribution >= 0.6 is 0 Å². The molecule has 10 heteroatoms. The number of benzene rings is 1. The number of rotatable bonds is 7. The molecule has 0 amide bonds. The van der Waals surface area contributed by atoms with E-state index in [0.717, 1.165) is 16.5 Å². The van der Waals surface area contributed by atoms with Gasteiger partial charge in [-0.3, -0.25) is 0 Å². The third-order valence-electron chi connectivity index (χ3n) is 7.10. The monoisotopic (exact) mass is 516 g/mol. The topological polar surface area (TPSA) is 146 Å². The summed E-state index contributed by atoms with van der Waals surface area (Å²) in [6.45, 7) is 5.29. The Kier molecular flexibility index (Phi) is 6.87. The lowest BCUT2D eigenvalue weighted by Gasteiger charge is -2.28. The summed E-state index contributed by atoms with van der Waals surface area (Å²) in [5, 5.41) is 39.5. The molecule has 10 nitrogen and oxygen atoms in total. The van der Waals surface area contributed by atoms with E-state index in [2.05, 4.69) is 20.6 Å². The van der Waals surface area contributed by atoms with Crippen LogP contribution in [0.2, 0.25) is 0 Å². The number of nitrogens with one attached hydrogen (secondary N) is 2. The van der Waals surface area contributed by atoms with Gasteiger partial charge in [0.05, 0.1) is 41.6 Å². The number of para-hydroxylation sites is 1. The Morgan fingerprint density at radius 2 is 1.84 bits per heavy atom. The van der Waals surface area contributed by atoms with Gasteiger partial charge in [0.1, 0.15) is 11.9 Å². The molecule has 0 bridgehead atoms. The van der Waals surface area contributed by atoms with Crippen molar-refractivity contribution in [2.45, 2.75) is 51.0 Å². The second-order valence-corrected chi connectivity index (χ2v) is 10.2. The molecule has 0 unspecified atom stereocenters. The lowest BCUT2D eigenvalue weighted by atomic mass is 9.88. The number of pyridine rings is 2. The van der Waals surface area contributed by atoms with E-state index < -0.39 is 29.8 Å². The Labute approximate surface area is 220 Å². The summed E-state index contributed by atoms with van der Waals surface area (Å²) in [6.07, 6.45) is 1.46. The number of hydrogen-bond donors (Lipinski definition) is 5. The van der Waals surface area contributed by atoms with Crippen LogP contribution in [0.5, 0.6) is 5.88 Å². The molecule has 3 aromatic heterocycles. The lowest BCUT2D eigenvalue weighted by molar-refractivity contribution is -0.0601. The van der Waals surface area contributed by atoms with E-state index in [4.69, 9.17) is 14.7 Å². The summed E-state index contributed by atoms with van der Waals surface area (Å²) < 4.78 is 5.20. The standard InChI is InChI=1S/C28H32N6O4/c1-15-6-5-7-16-8-9-20(32-23(15)16)18-14-30-27(31-17-10-11-29-22(12-17)38-4)34-26(18)33-21-13-19(28(2,3)37)24(35)25(21)36/h5-12,14,19,21,24-25,35-37H,13H2,1-4H3,(H2,29,30,31,33,34)/t19-,21+,24+,25-/m0/s1. The number of nitrogens with zero attached hydrogens (tertiary/aromatic N) is 4. The van der Waals surface area contributed by atoms with E-state index >= 15 is 0 Å². The fourth-order valence-electron chi connectivity index (χ4n) is 4.97. The van der Waals surface area contributed by atoms with Crippen LogP contribution in [0.15, 0.2) is 54.9 Å². The Morgan fingerprint density at radius 3 is 2.58 bits per heavy atom. The summed E-state index contributed by atoms with van der Waals surface area (Å²) in [5.41, 5.74) is 2.76. The van der Waals surface area contributed by atoms with Gasteiger partial charge in [0.2, 0.25) is 11.8 Å². The molecule has 5 N–H and O–H groups in total. The van der Waals surface area contributed by atoms with Gasteiger partial charge in [-0.2, -0.15) is 4.98 Å². The number of ether oxygens (including phenoxy) is 1. The zero-order valence-electron chi connectivity index (χ0n) is 21.8. The number of methoxy groups -OCH3 is 1. The summed E-state index contributed by atoms with van der Waals surface area (Å²) in [6, 6.07) is 12.9. The molecule has 5 rings (SSSR count). The number of aliphatic hydroxyl groups excluding tert-OH is 2. The number of hydrogen-bond acceptors (Lipinski definition) is 10. The van der Waals surface area contributed by atoms with Gasteiger partial charge in [0, 0.05) is 35.5 Å². The first-order valence-electron chi connectivity index (χ1n) is 12.5. The minimum absolute atomic E-state index is 0.313. The average Bonchev–Trinajstić information content (AvgIpc) is 3.18. The second kappa shape index (κ2) is 10.1. The lowest BCUT2D eigenvalue weighted by Crippen LogP contribution is -2.40. The van der Waals surface area contributed by atoms with Gasteiger partial charge in [0.15, 0.2) is 0 Å². The van der Waals surface area contributed by atoms with Crippen LogP contribution in [-0.2, 0) is 0 Å². The first-order valence-corrected chi connectivity index (χ1v) is 12.5. The maximum atomic E-state index is 10.8. The first-order chi connectivity index (χ1) is 18.1. The minimum atomic E-state index is -1.16. The fraction of sp³-hybridized carbons (Fsp3) is 0.357. The van der Waals surface area contributed by atoms with E-state index in [9.17, 15) is 15.3 Å². The van der Waals surface area contributed by atoms with Crippen molar-refractivity contribution < 1.29 is 20.1 Å². The molecular weight excluding hydrogens is 484 g/mol. The number of aromatic nitrogens is 4. The molecule has 4 atom stereocenters. The Hall–Kier alpha value is -3.86. The number of anilines is 3. The van der Waals surface area contributed by atoms with Crippen LogP contribution in [0.1, 0.15) is 25.8 Å².